The number of likely N-dealkylation sites (tertiary alicyclic amines) is 1. The van der Waals surface area contributed by atoms with Crippen LogP contribution in [0.25, 0.3) is 10.8 Å². The number of rotatable bonds is 3. The van der Waals surface area contributed by atoms with E-state index in [0.717, 1.165) is 17.7 Å². The number of benzene rings is 1. The third-order valence-corrected chi connectivity index (χ3v) is 5.18. The van der Waals surface area contributed by atoms with Gasteiger partial charge in [0.2, 0.25) is 5.89 Å². The van der Waals surface area contributed by atoms with Crippen LogP contribution in [0, 0.1) is 5.82 Å². The van der Waals surface area contributed by atoms with Gasteiger partial charge in [-0.3, -0.25) is 4.79 Å². The summed E-state index contributed by atoms with van der Waals surface area (Å²) in [6.07, 6.45) is 1.77. The number of hydrogen-bond donors (Lipinski definition) is 0. The molecule has 1 aliphatic rings. The van der Waals surface area contributed by atoms with Crippen LogP contribution in [0.5, 0.6) is 0 Å². The molecule has 0 bridgehead atoms. The van der Waals surface area contributed by atoms with E-state index in [-0.39, 0.29) is 17.6 Å². The Morgan fingerprint density at radius 2 is 2.08 bits per heavy atom. The zero-order valence-electron chi connectivity index (χ0n) is 13.4. The number of aromatic nitrogens is 2. The lowest BCUT2D eigenvalue weighted by molar-refractivity contribution is 0.0698. The molecule has 25 heavy (non-hydrogen) atoms. The van der Waals surface area contributed by atoms with E-state index < -0.39 is 0 Å². The molecule has 4 rings (SSSR count). The molecule has 0 radical (unpaired) electrons. The lowest BCUT2D eigenvalue weighted by atomic mass is 9.97. The molecule has 5 nitrogen and oxygen atoms in total. The standard InChI is InChI=1S/C18H16FN3O2S/c19-14-7-5-12(6-8-14)18(23)22-9-1-3-13(11-22)16-20-21-17(24-16)15-4-2-10-25-15/h2,4-8,10,13H,1,3,9,11H2. The largest absolute Gasteiger partial charge is 0.420 e. The highest BCUT2D eigenvalue weighted by molar-refractivity contribution is 7.13. The van der Waals surface area contributed by atoms with Gasteiger partial charge >= 0.3 is 0 Å². The fourth-order valence-corrected chi connectivity index (χ4v) is 3.68. The van der Waals surface area contributed by atoms with Crippen LogP contribution in [-0.2, 0) is 0 Å². The van der Waals surface area contributed by atoms with Crippen molar-refractivity contribution in [3.63, 3.8) is 0 Å². The van der Waals surface area contributed by atoms with E-state index in [1.165, 1.54) is 24.3 Å². The van der Waals surface area contributed by atoms with Gasteiger partial charge in [0.05, 0.1) is 10.8 Å². The number of carbonyl (C=O) groups excluding carboxylic acids is 1. The average Bonchev–Trinajstić information content (AvgIpc) is 3.33. The van der Waals surface area contributed by atoms with Gasteiger partial charge in [0, 0.05) is 18.7 Å². The van der Waals surface area contributed by atoms with Gasteiger partial charge in [0.25, 0.3) is 11.8 Å². The Morgan fingerprint density at radius 1 is 1.24 bits per heavy atom. The normalized spacial score (nSPS) is 17.6. The highest BCUT2D eigenvalue weighted by Crippen LogP contribution is 2.30. The fraction of sp³-hybridized carbons (Fsp3) is 0.278. The Bertz CT molecular complexity index is 861. The number of hydrogen-bond acceptors (Lipinski definition) is 5. The molecule has 7 heteroatoms. The number of piperidine rings is 1. The van der Waals surface area contributed by atoms with Gasteiger partial charge in [0.15, 0.2) is 0 Å². The number of halogens is 1. The van der Waals surface area contributed by atoms with E-state index in [0.29, 0.717) is 30.4 Å². The highest BCUT2D eigenvalue weighted by Gasteiger charge is 2.29. The Balaban J connectivity index is 1.49. The second kappa shape index (κ2) is 6.76. The minimum absolute atomic E-state index is 0.0272. The summed E-state index contributed by atoms with van der Waals surface area (Å²) in [6.45, 7) is 1.21. The van der Waals surface area contributed by atoms with Gasteiger partial charge in [-0.1, -0.05) is 6.07 Å². The molecule has 0 saturated carbocycles. The summed E-state index contributed by atoms with van der Waals surface area (Å²) >= 11 is 1.55. The lowest BCUT2D eigenvalue weighted by Gasteiger charge is -2.31. The van der Waals surface area contributed by atoms with Crippen molar-refractivity contribution in [2.75, 3.05) is 13.1 Å². The Kier molecular flexibility index (Phi) is 4.31. The van der Waals surface area contributed by atoms with Crippen LogP contribution in [0.4, 0.5) is 4.39 Å². The molecule has 1 aromatic carbocycles. The van der Waals surface area contributed by atoms with Crippen molar-refractivity contribution in [1.29, 1.82) is 0 Å². The summed E-state index contributed by atoms with van der Waals surface area (Å²) in [5, 5.41) is 10.3. The molecule has 1 amide bonds. The van der Waals surface area contributed by atoms with E-state index in [9.17, 15) is 9.18 Å². The molecule has 0 aliphatic carbocycles. The second-order valence-corrected chi connectivity index (χ2v) is 6.97. The zero-order valence-corrected chi connectivity index (χ0v) is 14.2. The monoisotopic (exact) mass is 357 g/mol. The maximum Gasteiger partial charge on any atom is 0.257 e. The molecular weight excluding hydrogens is 341 g/mol. The topological polar surface area (TPSA) is 59.2 Å². The SMILES string of the molecule is O=C(c1ccc(F)cc1)N1CCCC(c2nnc(-c3cccs3)o2)C1. The van der Waals surface area contributed by atoms with Crippen molar-refractivity contribution in [3.05, 3.63) is 59.0 Å². The fourth-order valence-electron chi connectivity index (χ4n) is 3.04. The summed E-state index contributed by atoms with van der Waals surface area (Å²) < 4.78 is 18.9. The maximum atomic E-state index is 13.0. The Morgan fingerprint density at radius 3 is 2.84 bits per heavy atom. The Hall–Kier alpha value is -2.54. The van der Waals surface area contributed by atoms with E-state index in [4.69, 9.17) is 4.42 Å². The summed E-state index contributed by atoms with van der Waals surface area (Å²) in [7, 11) is 0. The first kappa shape index (κ1) is 16.0. The van der Waals surface area contributed by atoms with Gasteiger partial charge < -0.3 is 9.32 Å². The van der Waals surface area contributed by atoms with E-state index in [1.54, 1.807) is 16.2 Å². The van der Waals surface area contributed by atoms with Crippen molar-refractivity contribution >= 4 is 17.2 Å². The van der Waals surface area contributed by atoms with Crippen LogP contribution in [0.3, 0.4) is 0 Å². The highest BCUT2D eigenvalue weighted by atomic mass is 32.1. The third kappa shape index (κ3) is 3.32. The Labute approximate surface area is 148 Å². The van der Waals surface area contributed by atoms with Crippen LogP contribution in [-0.4, -0.2) is 34.1 Å². The van der Waals surface area contributed by atoms with Gasteiger partial charge in [-0.15, -0.1) is 21.5 Å². The van der Waals surface area contributed by atoms with Crippen LogP contribution >= 0.6 is 11.3 Å². The predicted molar refractivity (Wildman–Crippen MR) is 91.9 cm³/mol. The van der Waals surface area contributed by atoms with Crippen molar-refractivity contribution in [1.82, 2.24) is 15.1 Å². The quantitative estimate of drug-likeness (QED) is 0.712. The molecule has 1 aliphatic heterocycles. The molecule has 1 fully saturated rings. The summed E-state index contributed by atoms with van der Waals surface area (Å²) in [5.74, 6) is 0.675. The first-order chi connectivity index (χ1) is 12.2. The molecule has 3 aromatic rings. The molecule has 1 unspecified atom stereocenters. The molecular formula is C18H16FN3O2S. The smallest absolute Gasteiger partial charge is 0.257 e. The van der Waals surface area contributed by atoms with E-state index in [2.05, 4.69) is 10.2 Å². The van der Waals surface area contributed by atoms with Gasteiger partial charge in [0.1, 0.15) is 5.82 Å². The predicted octanol–water partition coefficient (Wildman–Crippen LogP) is 3.96. The lowest BCUT2D eigenvalue weighted by Crippen LogP contribution is -2.39. The molecule has 3 heterocycles. The summed E-state index contributed by atoms with van der Waals surface area (Å²) in [6, 6.07) is 9.52. The van der Waals surface area contributed by atoms with Gasteiger partial charge in [-0.2, -0.15) is 0 Å². The number of carbonyl (C=O) groups is 1. The van der Waals surface area contributed by atoms with Gasteiger partial charge in [-0.25, -0.2) is 4.39 Å². The number of nitrogens with zero attached hydrogens (tertiary/aromatic N) is 3. The summed E-state index contributed by atoms with van der Waals surface area (Å²) in [5.41, 5.74) is 0.492. The second-order valence-electron chi connectivity index (χ2n) is 6.02. The number of thiophene rings is 1. The van der Waals surface area contributed by atoms with Crippen LogP contribution < -0.4 is 0 Å². The van der Waals surface area contributed by atoms with Crippen molar-refractivity contribution in [2.24, 2.45) is 0 Å². The molecule has 1 atom stereocenters. The third-order valence-electron chi connectivity index (χ3n) is 4.32. The minimum Gasteiger partial charge on any atom is -0.420 e. The molecule has 1 saturated heterocycles. The summed E-state index contributed by atoms with van der Waals surface area (Å²) in [4.78, 5) is 15.3. The average molecular weight is 357 g/mol. The van der Waals surface area contributed by atoms with Crippen LogP contribution in [0.15, 0.2) is 46.2 Å². The number of amides is 1. The first-order valence-corrected chi connectivity index (χ1v) is 9.01. The van der Waals surface area contributed by atoms with E-state index in [1.807, 2.05) is 17.5 Å². The first-order valence-electron chi connectivity index (χ1n) is 8.13. The molecule has 0 N–H and O–H groups in total. The van der Waals surface area contributed by atoms with Crippen molar-refractivity contribution in [3.8, 4) is 10.8 Å². The van der Waals surface area contributed by atoms with Crippen molar-refractivity contribution < 1.29 is 13.6 Å². The zero-order chi connectivity index (χ0) is 17.2. The molecule has 2 aromatic heterocycles. The van der Waals surface area contributed by atoms with Crippen LogP contribution in [0.2, 0.25) is 0 Å². The molecule has 128 valence electrons. The van der Waals surface area contributed by atoms with E-state index >= 15 is 0 Å². The van der Waals surface area contributed by atoms with Crippen molar-refractivity contribution in [2.45, 2.75) is 18.8 Å². The maximum absolute atomic E-state index is 13.0. The molecule has 0 spiro atoms. The minimum atomic E-state index is -0.347. The van der Waals surface area contributed by atoms with Gasteiger partial charge in [-0.05, 0) is 48.6 Å². The van der Waals surface area contributed by atoms with Crippen LogP contribution in [0.1, 0.15) is 35.0 Å².